The first kappa shape index (κ1) is 27.6. The molecular formula is C32H28N4O4S2. The van der Waals surface area contributed by atoms with Crippen LogP contribution in [0.25, 0.3) is 10.9 Å². The first-order valence-corrected chi connectivity index (χ1v) is 16.1. The number of anilines is 1. The van der Waals surface area contributed by atoms with Gasteiger partial charge in [0.25, 0.3) is 15.9 Å². The van der Waals surface area contributed by atoms with Crippen molar-refractivity contribution < 1.29 is 18.3 Å². The highest BCUT2D eigenvalue weighted by molar-refractivity contribution is 7.99. The normalized spacial score (nSPS) is 14.2. The van der Waals surface area contributed by atoms with Crippen LogP contribution in [-0.2, 0) is 10.0 Å². The number of hydrogen-bond acceptors (Lipinski definition) is 6. The number of hydrogen-bond donors (Lipinski definition) is 3. The third kappa shape index (κ3) is 5.77. The van der Waals surface area contributed by atoms with Gasteiger partial charge < -0.3 is 15.0 Å². The maximum Gasteiger partial charge on any atom is 0.261 e. The molecule has 1 aliphatic heterocycles. The van der Waals surface area contributed by atoms with Gasteiger partial charge in [-0.2, -0.15) is 11.8 Å². The standard InChI is InChI=1S/C32H28N4O4S2/c37-31-29(27-21-26(15-16-28(27)34-31)42(39,40)35-25-9-5-2-6-10-25)30(22-7-3-1-4-8-22)33-24-13-11-23(12-14-24)32(38)36-17-19-41-20-18-36/h1-16,21,34-35,37H,17-20H2. The number of sulfonamides is 1. The highest BCUT2D eigenvalue weighted by atomic mass is 32.2. The van der Waals surface area contributed by atoms with Crippen molar-refractivity contribution in [3.05, 3.63) is 120 Å². The molecule has 1 amide bonds. The second-order valence-corrected chi connectivity index (χ2v) is 12.7. The molecule has 0 spiro atoms. The van der Waals surface area contributed by atoms with Crippen LogP contribution < -0.4 is 4.72 Å². The van der Waals surface area contributed by atoms with Crippen LogP contribution in [0.3, 0.4) is 0 Å². The molecule has 2 heterocycles. The van der Waals surface area contributed by atoms with E-state index in [1.54, 1.807) is 54.6 Å². The lowest BCUT2D eigenvalue weighted by Crippen LogP contribution is -2.37. The Kier molecular flexibility index (Phi) is 7.73. The van der Waals surface area contributed by atoms with Gasteiger partial charge in [0.05, 0.1) is 21.9 Å². The Bertz CT molecular complexity index is 1870. The first-order valence-electron chi connectivity index (χ1n) is 13.4. The molecule has 6 rings (SSSR count). The summed E-state index contributed by atoms with van der Waals surface area (Å²) in [7, 11) is -3.91. The first-order chi connectivity index (χ1) is 20.4. The quantitative estimate of drug-likeness (QED) is 0.199. The van der Waals surface area contributed by atoms with Gasteiger partial charge in [0, 0.05) is 52.3 Å². The summed E-state index contributed by atoms with van der Waals surface area (Å²) >= 11 is 1.85. The fraction of sp³-hybridized carbons (Fsp3) is 0.125. The van der Waals surface area contributed by atoms with Crippen LogP contribution in [-0.4, -0.2) is 59.6 Å². The summed E-state index contributed by atoms with van der Waals surface area (Å²) in [5.74, 6) is 1.75. The van der Waals surface area contributed by atoms with Crippen LogP contribution in [0, 0.1) is 0 Å². The number of H-pyrrole nitrogens is 1. The number of amides is 1. The second-order valence-electron chi connectivity index (χ2n) is 9.81. The number of para-hydroxylation sites is 1. The van der Waals surface area contributed by atoms with E-state index in [4.69, 9.17) is 4.99 Å². The van der Waals surface area contributed by atoms with Gasteiger partial charge in [-0.25, -0.2) is 13.4 Å². The van der Waals surface area contributed by atoms with E-state index >= 15 is 0 Å². The highest BCUT2D eigenvalue weighted by Gasteiger charge is 2.23. The van der Waals surface area contributed by atoms with E-state index in [2.05, 4.69) is 9.71 Å². The molecule has 1 aliphatic rings. The number of aromatic hydroxyl groups is 1. The zero-order valence-electron chi connectivity index (χ0n) is 22.5. The minimum Gasteiger partial charge on any atom is -0.494 e. The van der Waals surface area contributed by atoms with E-state index in [-0.39, 0.29) is 16.7 Å². The van der Waals surface area contributed by atoms with E-state index in [1.807, 2.05) is 53.1 Å². The van der Waals surface area contributed by atoms with Crippen LogP contribution in [0.4, 0.5) is 11.4 Å². The van der Waals surface area contributed by atoms with Crippen LogP contribution in [0.2, 0.25) is 0 Å². The van der Waals surface area contributed by atoms with Crippen molar-refractivity contribution >= 4 is 55.7 Å². The zero-order chi connectivity index (χ0) is 29.1. The van der Waals surface area contributed by atoms with E-state index in [9.17, 15) is 18.3 Å². The van der Waals surface area contributed by atoms with Gasteiger partial charge in [0.1, 0.15) is 0 Å². The molecule has 1 fully saturated rings. The third-order valence-corrected chi connectivity index (χ3v) is 9.35. The van der Waals surface area contributed by atoms with E-state index in [0.717, 1.165) is 30.2 Å². The molecule has 3 N–H and O–H groups in total. The lowest BCUT2D eigenvalue weighted by molar-refractivity contribution is 0.0772. The number of thioether (sulfide) groups is 1. The van der Waals surface area contributed by atoms with Gasteiger partial charge in [-0.1, -0.05) is 48.5 Å². The number of carbonyl (C=O) groups excluding carboxylic acids is 1. The maximum atomic E-state index is 13.2. The molecular weight excluding hydrogens is 569 g/mol. The van der Waals surface area contributed by atoms with Gasteiger partial charge in [-0.15, -0.1) is 0 Å². The molecule has 0 saturated carbocycles. The summed E-state index contributed by atoms with van der Waals surface area (Å²) in [6, 6.07) is 29.8. The summed E-state index contributed by atoms with van der Waals surface area (Å²) in [6.45, 7) is 1.47. The Morgan fingerprint density at radius 3 is 2.21 bits per heavy atom. The molecule has 0 aliphatic carbocycles. The van der Waals surface area contributed by atoms with E-state index in [0.29, 0.717) is 39.1 Å². The predicted molar refractivity (Wildman–Crippen MR) is 169 cm³/mol. The molecule has 212 valence electrons. The Balaban J connectivity index is 1.41. The number of carbonyl (C=O) groups is 1. The van der Waals surface area contributed by atoms with Gasteiger partial charge in [-0.3, -0.25) is 9.52 Å². The molecule has 0 radical (unpaired) electrons. The molecule has 0 atom stereocenters. The molecule has 0 unspecified atom stereocenters. The average molecular weight is 597 g/mol. The Labute approximate surface area is 248 Å². The largest absolute Gasteiger partial charge is 0.494 e. The van der Waals surface area contributed by atoms with Crippen molar-refractivity contribution in [2.24, 2.45) is 4.99 Å². The predicted octanol–water partition coefficient (Wildman–Crippen LogP) is 6.03. The summed E-state index contributed by atoms with van der Waals surface area (Å²) in [5.41, 5.74) is 3.75. The number of fused-ring (bicyclic) bond motifs is 1. The number of aromatic nitrogens is 1. The SMILES string of the molecule is O=C(c1ccc(N=C(c2ccccc2)c2c(O)[nH]c3ccc(S(=O)(=O)Nc4ccccc4)cc23)cc1)N1CCSCC1. The fourth-order valence-corrected chi connectivity index (χ4v) is 6.89. The Hall–Kier alpha value is -4.54. The lowest BCUT2D eigenvalue weighted by atomic mass is 10.0. The fourth-order valence-electron chi connectivity index (χ4n) is 4.90. The number of rotatable bonds is 7. The maximum absolute atomic E-state index is 13.2. The minimum absolute atomic E-state index is 0.00114. The smallest absolute Gasteiger partial charge is 0.261 e. The second kappa shape index (κ2) is 11.8. The van der Waals surface area contributed by atoms with Crippen LogP contribution in [0.5, 0.6) is 5.88 Å². The summed E-state index contributed by atoms with van der Waals surface area (Å²) in [5, 5.41) is 11.6. The summed E-state index contributed by atoms with van der Waals surface area (Å²) in [6.07, 6.45) is 0. The molecule has 8 nitrogen and oxygen atoms in total. The Morgan fingerprint density at radius 1 is 0.857 bits per heavy atom. The van der Waals surface area contributed by atoms with Crippen molar-refractivity contribution in [2.75, 3.05) is 29.3 Å². The number of benzene rings is 4. The zero-order valence-corrected chi connectivity index (χ0v) is 24.2. The monoisotopic (exact) mass is 596 g/mol. The third-order valence-electron chi connectivity index (χ3n) is 7.02. The van der Waals surface area contributed by atoms with Crippen LogP contribution in [0.15, 0.2) is 113 Å². The van der Waals surface area contributed by atoms with Gasteiger partial charge in [0.15, 0.2) is 5.88 Å². The van der Waals surface area contributed by atoms with Crippen molar-refractivity contribution in [1.82, 2.24) is 9.88 Å². The van der Waals surface area contributed by atoms with Crippen LogP contribution in [0.1, 0.15) is 21.5 Å². The molecule has 5 aromatic rings. The highest BCUT2D eigenvalue weighted by Crippen LogP contribution is 2.33. The number of nitrogens with zero attached hydrogens (tertiary/aromatic N) is 2. The van der Waals surface area contributed by atoms with E-state index < -0.39 is 10.0 Å². The van der Waals surface area contributed by atoms with Crippen LogP contribution >= 0.6 is 11.8 Å². The Morgan fingerprint density at radius 2 is 1.52 bits per heavy atom. The molecule has 0 bridgehead atoms. The lowest BCUT2D eigenvalue weighted by Gasteiger charge is -2.26. The van der Waals surface area contributed by atoms with Gasteiger partial charge in [0.2, 0.25) is 0 Å². The molecule has 10 heteroatoms. The molecule has 42 heavy (non-hydrogen) atoms. The number of nitrogens with one attached hydrogen (secondary N) is 2. The summed E-state index contributed by atoms with van der Waals surface area (Å²) < 4.78 is 29.1. The van der Waals surface area contributed by atoms with E-state index in [1.165, 1.54) is 12.1 Å². The number of aromatic amines is 1. The van der Waals surface area contributed by atoms with Crippen molar-refractivity contribution in [1.29, 1.82) is 0 Å². The van der Waals surface area contributed by atoms with Crippen molar-refractivity contribution in [3.63, 3.8) is 0 Å². The average Bonchev–Trinajstić information content (AvgIpc) is 3.35. The molecule has 1 saturated heterocycles. The van der Waals surface area contributed by atoms with Gasteiger partial charge >= 0.3 is 0 Å². The molecule has 4 aromatic carbocycles. The van der Waals surface area contributed by atoms with Gasteiger partial charge in [-0.05, 0) is 54.6 Å². The number of aliphatic imine (C=N–C) groups is 1. The summed E-state index contributed by atoms with van der Waals surface area (Å²) in [4.78, 5) is 22.7. The minimum atomic E-state index is -3.91. The topological polar surface area (TPSA) is 115 Å². The van der Waals surface area contributed by atoms with Crippen molar-refractivity contribution in [3.8, 4) is 5.88 Å². The molecule has 1 aromatic heterocycles. The van der Waals surface area contributed by atoms with Crippen molar-refractivity contribution in [2.45, 2.75) is 4.90 Å².